The molecule has 0 aromatic rings. The second-order valence-electron chi connectivity index (χ2n) is 0.530. The molecule has 0 aromatic carbocycles. The van der Waals surface area contributed by atoms with Gasteiger partial charge in [0, 0.05) is 0 Å². The summed E-state index contributed by atoms with van der Waals surface area (Å²) in [7, 11) is 0. The fraction of sp³-hybridized carbons (Fsp3) is 0.500. The van der Waals surface area contributed by atoms with E-state index in [-0.39, 0.29) is 6.15 Å². The van der Waals surface area contributed by atoms with Crippen molar-refractivity contribution in [2.75, 3.05) is 6.61 Å². The van der Waals surface area contributed by atoms with E-state index in [0.717, 1.165) is 0 Å². The van der Waals surface area contributed by atoms with Crippen molar-refractivity contribution in [2.45, 2.75) is 0 Å². The summed E-state index contributed by atoms with van der Waals surface area (Å²) in [6.45, 7) is -0.889. The number of hydrogen-bond donors (Lipinski definition) is 2. The predicted molar refractivity (Wildman–Crippen MR) is 18.1 cm³/mol. The quantitative estimate of drug-likeness (QED) is 0.396. The number of quaternary nitrogens is 1. The van der Waals surface area contributed by atoms with Gasteiger partial charge >= 0.3 is 0 Å². The Labute approximate surface area is 35.0 Å². The SMILES string of the molecule is O=C([O-])CO.[NH4+]. The Bertz CT molecular complexity index is 44.1. The third-order valence-electron chi connectivity index (χ3n) is 0.129. The van der Waals surface area contributed by atoms with Gasteiger partial charge < -0.3 is 21.2 Å². The second kappa shape index (κ2) is 4.39. The summed E-state index contributed by atoms with van der Waals surface area (Å²) in [6.07, 6.45) is 0. The van der Waals surface area contributed by atoms with Gasteiger partial charge in [-0.15, -0.1) is 0 Å². The van der Waals surface area contributed by atoms with Gasteiger partial charge in [0.1, 0.15) is 0 Å². The van der Waals surface area contributed by atoms with Crippen molar-refractivity contribution in [3.8, 4) is 0 Å². The number of carbonyl (C=O) groups is 1. The van der Waals surface area contributed by atoms with E-state index in [9.17, 15) is 0 Å². The molecule has 0 heterocycles. The maximum atomic E-state index is 9.01. The first-order valence-corrected chi connectivity index (χ1v) is 1.08. The lowest BCUT2D eigenvalue weighted by Crippen LogP contribution is -2.25. The molecular formula is C2H7NO3. The van der Waals surface area contributed by atoms with Crippen molar-refractivity contribution in [2.24, 2.45) is 0 Å². The van der Waals surface area contributed by atoms with E-state index < -0.39 is 12.6 Å². The van der Waals surface area contributed by atoms with Gasteiger partial charge in [0.25, 0.3) is 0 Å². The highest BCUT2D eigenvalue weighted by molar-refractivity contribution is 5.65. The van der Waals surface area contributed by atoms with E-state index in [2.05, 4.69) is 0 Å². The Hall–Kier alpha value is -0.610. The van der Waals surface area contributed by atoms with Gasteiger partial charge in [0.2, 0.25) is 0 Å². The summed E-state index contributed by atoms with van der Waals surface area (Å²) in [5.74, 6) is -1.44. The average molecular weight is 93.1 g/mol. The topological polar surface area (TPSA) is 96.9 Å². The molecule has 0 radical (unpaired) electrons. The van der Waals surface area contributed by atoms with E-state index in [1.165, 1.54) is 0 Å². The van der Waals surface area contributed by atoms with Gasteiger partial charge in [-0.25, -0.2) is 0 Å². The highest BCUT2D eigenvalue weighted by Gasteiger charge is 1.66. The minimum absolute atomic E-state index is 0. The first kappa shape index (κ1) is 9.04. The molecule has 38 valence electrons. The molecule has 0 bridgehead atoms. The maximum Gasteiger partial charge on any atom is 0.0826 e. The first-order chi connectivity index (χ1) is 2.27. The molecule has 0 rings (SSSR count). The zero-order chi connectivity index (χ0) is 4.28. The van der Waals surface area contributed by atoms with Gasteiger partial charge in [0.15, 0.2) is 0 Å². The molecule has 4 heteroatoms. The molecule has 4 nitrogen and oxygen atoms in total. The van der Waals surface area contributed by atoms with Crippen LogP contribution in [0.5, 0.6) is 0 Å². The Kier molecular flexibility index (Phi) is 6.61. The normalized spacial score (nSPS) is 6.17. The standard InChI is InChI=1S/C2H4O3.H3N/c3-1-2(4)5;/h3H,1H2,(H,4,5);1H3. The van der Waals surface area contributed by atoms with Crippen LogP contribution in [-0.2, 0) is 4.79 Å². The molecule has 0 fully saturated rings. The third-order valence-corrected chi connectivity index (χ3v) is 0.129. The number of carboxylic acids is 1. The van der Waals surface area contributed by atoms with Crippen LogP contribution >= 0.6 is 0 Å². The predicted octanol–water partition coefficient (Wildman–Crippen LogP) is -1.90. The van der Waals surface area contributed by atoms with Crippen molar-refractivity contribution in [3.63, 3.8) is 0 Å². The van der Waals surface area contributed by atoms with Crippen LogP contribution in [0.2, 0.25) is 0 Å². The third kappa shape index (κ3) is 10.0. The minimum atomic E-state index is -1.44. The summed E-state index contributed by atoms with van der Waals surface area (Å²) in [5, 5.41) is 16.5. The molecule has 0 aliphatic rings. The van der Waals surface area contributed by atoms with Gasteiger partial charge in [-0.05, 0) is 0 Å². The molecule has 0 atom stereocenters. The van der Waals surface area contributed by atoms with E-state index in [1.54, 1.807) is 0 Å². The minimum Gasteiger partial charge on any atom is -0.548 e. The molecule has 0 aromatic heterocycles. The zero-order valence-corrected chi connectivity index (χ0v) is 3.47. The maximum absolute atomic E-state index is 9.01. The second-order valence-corrected chi connectivity index (χ2v) is 0.530. The van der Waals surface area contributed by atoms with Gasteiger partial charge in [-0.3, -0.25) is 0 Å². The molecule has 6 heavy (non-hydrogen) atoms. The Morgan fingerprint density at radius 3 is 2.00 bits per heavy atom. The van der Waals surface area contributed by atoms with Crippen LogP contribution in [0.1, 0.15) is 0 Å². The number of carboxylic acid groups (broad SMARTS) is 1. The van der Waals surface area contributed by atoms with Crippen molar-refractivity contribution in [3.05, 3.63) is 0 Å². The Morgan fingerprint density at radius 1 is 1.83 bits per heavy atom. The molecule has 5 N–H and O–H groups in total. The van der Waals surface area contributed by atoms with Crippen LogP contribution < -0.4 is 11.3 Å². The highest BCUT2D eigenvalue weighted by atomic mass is 16.4. The van der Waals surface area contributed by atoms with Crippen molar-refractivity contribution in [1.29, 1.82) is 0 Å². The lowest BCUT2D eigenvalue weighted by Gasteiger charge is -1.86. The van der Waals surface area contributed by atoms with Crippen LogP contribution in [0.25, 0.3) is 0 Å². The number of aliphatic carboxylic acids is 1. The van der Waals surface area contributed by atoms with Crippen LogP contribution in [0.15, 0.2) is 0 Å². The molecule has 0 saturated carbocycles. The number of rotatable bonds is 1. The summed E-state index contributed by atoms with van der Waals surface area (Å²) >= 11 is 0. The fourth-order valence-corrected chi connectivity index (χ4v) is 0. The average Bonchev–Trinajstić information content (AvgIpc) is 1.38. The van der Waals surface area contributed by atoms with Gasteiger partial charge in [-0.2, -0.15) is 0 Å². The zero-order valence-electron chi connectivity index (χ0n) is 3.47. The number of aliphatic hydroxyl groups excluding tert-OH is 1. The molecule has 0 saturated heterocycles. The summed E-state index contributed by atoms with van der Waals surface area (Å²) < 4.78 is 0. The number of aliphatic hydroxyl groups is 1. The van der Waals surface area contributed by atoms with E-state index >= 15 is 0 Å². The largest absolute Gasteiger partial charge is 0.548 e. The van der Waals surface area contributed by atoms with Crippen LogP contribution in [-0.4, -0.2) is 17.7 Å². The number of hydrogen-bond acceptors (Lipinski definition) is 3. The van der Waals surface area contributed by atoms with Crippen molar-refractivity contribution < 1.29 is 15.0 Å². The van der Waals surface area contributed by atoms with Crippen LogP contribution in [0.4, 0.5) is 0 Å². The lowest BCUT2D eigenvalue weighted by atomic mass is 10.8. The molecule has 0 spiro atoms. The smallest absolute Gasteiger partial charge is 0.0826 e. The molecular weight excluding hydrogens is 86.0 g/mol. The van der Waals surface area contributed by atoms with Crippen LogP contribution in [0.3, 0.4) is 0 Å². The van der Waals surface area contributed by atoms with Crippen molar-refractivity contribution in [1.82, 2.24) is 6.15 Å². The molecule has 0 aliphatic carbocycles. The molecule has 0 amide bonds. The Balaban J connectivity index is 0. The van der Waals surface area contributed by atoms with E-state index in [1.807, 2.05) is 0 Å². The fourth-order valence-electron chi connectivity index (χ4n) is 0. The summed E-state index contributed by atoms with van der Waals surface area (Å²) in [5.41, 5.74) is 0. The van der Waals surface area contributed by atoms with Crippen LogP contribution in [0, 0.1) is 0 Å². The first-order valence-electron chi connectivity index (χ1n) is 1.08. The summed E-state index contributed by atoms with van der Waals surface area (Å²) in [4.78, 5) is 9.01. The Morgan fingerprint density at radius 2 is 2.00 bits per heavy atom. The van der Waals surface area contributed by atoms with E-state index in [4.69, 9.17) is 15.0 Å². The molecule has 0 unspecified atom stereocenters. The van der Waals surface area contributed by atoms with Crippen molar-refractivity contribution >= 4 is 5.97 Å². The monoisotopic (exact) mass is 93.0 g/mol. The molecule has 0 aliphatic heterocycles. The lowest BCUT2D eigenvalue weighted by molar-refractivity contribution is -0.308. The van der Waals surface area contributed by atoms with Gasteiger partial charge in [-0.1, -0.05) is 0 Å². The number of carbonyl (C=O) groups excluding carboxylic acids is 1. The van der Waals surface area contributed by atoms with E-state index in [0.29, 0.717) is 0 Å². The highest BCUT2D eigenvalue weighted by Crippen LogP contribution is 1.40. The van der Waals surface area contributed by atoms with Gasteiger partial charge in [0.05, 0.1) is 12.6 Å². The summed E-state index contributed by atoms with van der Waals surface area (Å²) in [6, 6.07) is 0.